The van der Waals surface area contributed by atoms with Crippen LogP contribution in [0.2, 0.25) is 0 Å². The van der Waals surface area contributed by atoms with Gasteiger partial charge in [-0.15, -0.1) is 11.8 Å². The van der Waals surface area contributed by atoms with Gasteiger partial charge >= 0.3 is 5.97 Å². The minimum Gasteiger partial charge on any atom is -0.478 e. The topological polar surface area (TPSA) is 113 Å². The second kappa shape index (κ2) is 5.37. The van der Waals surface area contributed by atoms with Crippen molar-refractivity contribution in [3.63, 3.8) is 0 Å². The maximum absolute atomic E-state index is 12.8. The molecule has 1 aliphatic carbocycles. The highest BCUT2D eigenvalue weighted by Gasteiger charge is 2.74. The second-order valence-corrected chi connectivity index (χ2v) is 8.88. The molecule has 0 aromatic rings. The van der Waals surface area contributed by atoms with Crippen molar-refractivity contribution in [3.8, 4) is 0 Å². The zero-order valence-corrected chi connectivity index (χ0v) is 14.1. The highest BCUT2D eigenvalue weighted by atomic mass is 32.2. The molecule has 0 spiro atoms. The molecule has 128 valence electrons. The van der Waals surface area contributed by atoms with Gasteiger partial charge in [-0.25, -0.2) is 4.79 Å². The van der Waals surface area contributed by atoms with Gasteiger partial charge in [0.05, 0.1) is 16.0 Å². The molecule has 2 amide bonds. The molecule has 4 N–H and O–H groups in total. The van der Waals surface area contributed by atoms with Gasteiger partial charge in [0.15, 0.2) is 0 Å². The van der Waals surface area contributed by atoms with E-state index in [1.807, 2.05) is 0 Å². The van der Waals surface area contributed by atoms with Gasteiger partial charge in [0.2, 0.25) is 18.0 Å². The fraction of sp³-hybridized carbons (Fsp3) is 0.800. The SMILES string of the molecule is CC1(C)S[C@@H]2[C@@H](C3CCCCC3N)C(=O)N2[C@@]1(NC=O)C(=O)O. The molecule has 1 saturated carbocycles. The molecule has 0 radical (unpaired) electrons. The Labute approximate surface area is 139 Å². The molecular formula is C15H23N3O4S. The number of hydrogen-bond acceptors (Lipinski definition) is 5. The summed E-state index contributed by atoms with van der Waals surface area (Å²) in [6.45, 7) is 3.51. The van der Waals surface area contributed by atoms with Crippen molar-refractivity contribution in [2.45, 2.75) is 61.4 Å². The molecule has 23 heavy (non-hydrogen) atoms. The summed E-state index contributed by atoms with van der Waals surface area (Å²) in [6, 6.07) is -0.0116. The van der Waals surface area contributed by atoms with Gasteiger partial charge in [-0.05, 0) is 32.6 Å². The lowest BCUT2D eigenvalue weighted by atomic mass is 9.71. The smallest absolute Gasteiger partial charge is 0.352 e. The van der Waals surface area contributed by atoms with Gasteiger partial charge in [-0.2, -0.15) is 0 Å². The summed E-state index contributed by atoms with van der Waals surface area (Å²) in [5.41, 5.74) is 4.52. The molecular weight excluding hydrogens is 318 g/mol. The molecule has 2 aliphatic heterocycles. The van der Waals surface area contributed by atoms with Crippen LogP contribution in [0.1, 0.15) is 39.5 Å². The largest absolute Gasteiger partial charge is 0.478 e. The Hall–Kier alpha value is -1.28. The predicted molar refractivity (Wildman–Crippen MR) is 85.3 cm³/mol. The van der Waals surface area contributed by atoms with Gasteiger partial charge in [0, 0.05) is 6.04 Å². The lowest BCUT2D eigenvalue weighted by molar-refractivity contribution is -0.181. The third kappa shape index (κ3) is 2.04. The van der Waals surface area contributed by atoms with Crippen molar-refractivity contribution < 1.29 is 19.5 Å². The molecule has 3 fully saturated rings. The van der Waals surface area contributed by atoms with Gasteiger partial charge in [0.1, 0.15) is 0 Å². The van der Waals surface area contributed by atoms with Crippen molar-refractivity contribution >= 4 is 30.0 Å². The van der Waals surface area contributed by atoms with Crippen LogP contribution in [0, 0.1) is 11.8 Å². The molecule has 8 heteroatoms. The van der Waals surface area contributed by atoms with Gasteiger partial charge in [-0.3, -0.25) is 14.5 Å². The van der Waals surface area contributed by atoms with E-state index in [1.54, 1.807) is 13.8 Å². The van der Waals surface area contributed by atoms with Crippen LogP contribution in [0.25, 0.3) is 0 Å². The predicted octanol–water partition coefficient (Wildman–Crippen LogP) is 0.341. The van der Waals surface area contributed by atoms with Crippen molar-refractivity contribution in [3.05, 3.63) is 0 Å². The van der Waals surface area contributed by atoms with E-state index in [1.165, 1.54) is 16.7 Å². The number of nitrogens with two attached hydrogens (primary N) is 1. The number of aliphatic carboxylic acids is 1. The van der Waals surface area contributed by atoms with Crippen LogP contribution in [-0.4, -0.2) is 50.1 Å². The van der Waals surface area contributed by atoms with E-state index in [0.717, 1.165) is 25.7 Å². The summed E-state index contributed by atoms with van der Waals surface area (Å²) >= 11 is 1.45. The average Bonchev–Trinajstić information content (AvgIpc) is 2.67. The number of carboxylic acid groups (broad SMARTS) is 1. The maximum Gasteiger partial charge on any atom is 0.352 e. The number of β-lactam (4-membered cyclic amide) rings is 1. The maximum atomic E-state index is 12.8. The number of hydrogen-bond donors (Lipinski definition) is 3. The van der Waals surface area contributed by atoms with Crippen LogP contribution >= 0.6 is 11.8 Å². The highest BCUT2D eigenvalue weighted by molar-refractivity contribution is 8.01. The monoisotopic (exact) mass is 341 g/mol. The first-order chi connectivity index (χ1) is 10.8. The number of carbonyl (C=O) groups excluding carboxylic acids is 2. The summed E-state index contributed by atoms with van der Waals surface area (Å²) in [5.74, 6) is -1.55. The first-order valence-corrected chi connectivity index (χ1v) is 8.87. The Balaban J connectivity index is 1.94. The van der Waals surface area contributed by atoms with E-state index in [2.05, 4.69) is 5.32 Å². The van der Waals surface area contributed by atoms with Crippen LogP contribution in [0.3, 0.4) is 0 Å². The van der Waals surface area contributed by atoms with E-state index in [4.69, 9.17) is 5.73 Å². The summed E-state index contributed by atoms with van der Waals surface area (Å²) in [5, 5.41) is 11.9. The first kappa shape index (κ1) is 16.6. The number of nitrogens with zero attached hydrogens (tertiary/aromatic N) is 1. The number of amides is 2. The molecule has 3 rings (SSSR count). The third-order valence-electron chi connectivity index (χ3n) is 5.65. The van der Waals surface area contributed by atoms with Crippen molar-refractivity contribution in [2.24, 2.45) is 17.6 Å². The molecule has 2 unspecified atom stereocenters. The lowest BCUT2D eigenvalue weighted by Gasteiger charge is -2.52. The van der Waals surface area contributed by atoms with E-state index in [-0.39, 0.29) is 29.2 Å². The van der Waals surface area contributed by atoms with Gasteiger partial charge < -0.3 is 16.2 Å². The standard InChI is InChI=1S/C15H23N3O4S/c1-14(2)15(13(21)22,17-7-19)18-11(20)10(12(18)23-14)8-5-3-4-6-9(8)16/h7-10,12H,3-6,16H2,1-2H3,(H,17,19)(H,21,22)/t8?,9?,10-,12+,15-/m0/s1. The van der Waals surface area contributed by atoms with E-state index in [9.17, 15) is 19.5 Å². The molecule has 0 aromatic heterocycles. The molecule has 3 aliphatic rings. The van der Waals surface area contributed by atoms with Gasteiger partial charge in [0.25, 0.3) is 0 Å². The molecule has 0 aromatic carbocycles. The first-order valence-electron chi connectivity index (χ1n) is 7.99. The Morgan fingerprint density at radius 2 is 2.09 bits per heavy atom. The second-order valence-electron chi connectivity index (χ2n) is 7.14. The van der Waals surface area contributed by atoms with E-state index < -0.39 is 16.4 Å². The van der Waals surface area contributed by atoms with Crippen molar-refractivity contribution in [1.82, 2.24) is 10.2 Å². The van der Waals surface area contributed by atoms with Crippen LogP contribution in [0.15, 0.2) is 0 Å². The average molecular weight is 341 g/mol. The van der Waals surface area contributed by atoms with Crippen LogP contribution in [-0.2, 0) is 14.4 Å². The molecule has 2 heterocycles. The minimum atomic E-state index is -1.70. The fourth-order valence-corrected chi connectivity index (χ4v) is 6.28. The van der Waals surface area contributed by atoms with Crippen molar-refractivity contribution in [1.29, 1.82) is 0 Å². The summed E-state index contributed by atoms with van der Waals surface area (Å²) in [7, 11) is 0. The Morgan fingerprint density at radius 1 is 1.43 bits per heavy atom. The van der Waals surface area contributed by atoms with Crippen LogP contribution in [0.4, 0.5) is 0 Å². The number of rotatable bonds is 4. The third-order valence-corrected chi connectivity index (χ3v) is 7.28. The Morgan fingerprint density at radius 3 is 2.65 bits per heavy atom. The lowest BCUT2D eigenvalue weighted by Crippen LogP contribution is -2.77. The highest BCUT2D eigenvalue weighted by Crippen LogP contribution is 2.60. The summed E-state index contributed by atoms with van der Waals surface area (Å²) in [6.07, 6.45) is 4.32. The quantitative estimate of drug-likeness (QED) is 0.502. The number of nitrogens with one attached hydrogen (secondary N) is 1. The fourth-order valence-electron chi connectivity index (χ4n) is 4.43. The Bertz CT molecular complexity index is 555. The summed E-state index contributed by atoms with van der Waals surface area (Å²) in [4.78, 5) is 37.1. The zero-order chi connectivity index (χ0) is 17.0. The van der Waals surface area contributed by atoms with E-state index in [0.29, 0.717) is 6.41 Å². The Kier molecular flexibility index (Phi) is 3.87. The van der Waals surface area contributed by atoms with Crippen molar-refractivity contribution in [2.75, 3.05) is 0 Å². The normalized spacial score (nSPS) is 41.9. The summed E-state index contributed by atoms with van der Waals surface area (Å²) < 4.78 is -0.826. The van der Waals surface area contributed by atoms with E-state index >= 15 is 0 Å². The number of carbonyl (C=O) groups is 3. The number of fused-ring (bicyclic) bond motifs is 1. The minimum absolute atomic E-state index is 0.0116. The van der Waals surface area contributed by atoms with Gasteiger partial charge in [-0.1, -0.05) is 12.8 Å². The van der Waals surface area contributed by atoms with Crippen LogP contribution < -0.4 is 11.1 Å². The molecule has 2 saturated heterocycles. The molecule has 0 bridgehead atoms. The molecule has 5 atom stereocenters. The number of thioether (sulfide) groups is 1. The van der Waals surface area contributed by atoms with Crippen LogP contribution in [0.5, 0.6) is 0 Å². The zero-order valence-electron chi connectivity index (χ0n) is 13.3. The molecule has 7 nitrogen and oxygen atoms in total. The number of carboxylic acids is 1.